The van der Waals surface area contributed by atoms with E-state index in [0.717, 1.165) is 11.3 Å². The van der Waals surface area contributed by atoms with Crippen molar-refractivity contribution in [2.45, 2.75) is 19.9 Å². The van der Waals surface area contributed by atoms with Crippen LogP contribution in [0.2, 0.25) is 0 Å². The second kappa shape index (κ2) is 6.25. The Morgan fingerprint density at radius 1 is 1.53 bits per heavy atom. The maximum atomic E-state index is 11.7. The Kier molecular flexibility index (Phi) is 4.97. The average molecular weight is 236 g/mol. The lowest BCUT2D eigenvalue weighted by atomic mass is 10.1. The predicted octanol–water partition coefficient (Wildman–Crippen LogP) is 1.32. The molecule has 1 aromatic carbocycles. The van der Waals surface area contributed by atoms with Crippen LogP contribution < -0.4 is 10.6 Å². The van der Waals surface area contributed by atoms with Crippen LogP contribution >= 0.6 is 0 Å². The number of esters is 1. The minimum Gasteiger partial charge on any atom is -0.467 e. The zero-order valence-electron chi connectivity index (χ0n) is 10.6. The summed E-state index contributed by atoms with van der Waals surface area (Å²) in [5, 5.41) is 0. The fourth-order valence-corrected chi connectivity index (χ4v) is 1.88. The van der Waals surface area contributed by atoms with E-state index < -0.39 is 6.04 Å². The molecule has 0 spiro atoms. The number of benzene rings is 1. The highest BCUT2D eigenvalue weighted by molar-refractivity contribution is 5.80. The Morgan fingerprint density at radius 2 is 2.24 bits per heavy atom. The van der Waals surface area contributed by atoms with Gasteiger partial charge in [0.05, 0.1) is 7.11 Å². The van der Waals surface area contributed by atoms with Crippen molar-refractivity contribution in [3.05, 3.63) is 29.8 Å². The number of nitrogens with zero attached hydrogens (tertiary/aromatic N) is 1. The number of carbonyl (C=O) groups excluding carboxylic acids is 1. The Hall–Kier alpha value is -1.55. The van der Waals surface area contributed by atoms with E-state index in [0.29, 0.717) is 6.54 Å². The number of anilines is 1. The van der Waals surface area contributed by atoms with Crippen LogP contribution in [0.5, 0.6) is 0 Å². The quantitative estimate of drug-likeness (QED) is 0.783. The van der Waals surface area contributed by atoms with Crippen LogP contribution in [-0.4, -0.2) is 32.2 Å². The van der Waals surface area contributed by atoms with Gasteiger partial charge in [0, 0.05) is 18.8 Å². The van der Waals surface area contributed by atoms with E-state index in [2.05, 4.69) is 0 Å². The van der Waals surface area contributed by atoms with E-state index in [4.69, 9.17) is 10.5 Å². The molecule has 0 amide bonds. The summed E-state index contributed by atoms with van der Waals surface area (Å²) < 4.78 is 4.78. The normalized spacial score (nSPS) is 12.0. The molecular weight excluding hydrogens is 216 g/mol. The van der Waals surface area contributed by atoms with Gasteiger partial charge in [0.2, 0.25) is 0 Å². The van der Waals surface area contributed by atoms with Gasteiger partial charge in [-0.1, -0.05) is 12.1 Å². The standard InChI is InChI=1S/C13H20N2O2/c1-4-15(12(9-14)13(16)17-3)11-7-5-6-10(2)8-11/h5-8,12H,4,9,14H2,1-3H3. The van der Waals surface area contributed by atoms with Gasteiger partial charge in [-0.05, 0) is 31.5 Å². The fourth-order valence-electron chi connectivity index (χ4n) is 1.88. The van der Waals surface area contributed by atoms with Crippen molar-refractivity contribution in [1.29, 1.82) is 0 Å². The zero-order chi connectivity index (χ0) is 12.8. The highest BCUT2D eigenvalue weighted by Gasteiger charge is 2.24. The summed E-state index contributed by atoms with van der Waals surface area (Å²) in [5.74, 6) is -0.296. The van der Waals surface area contributed by atoms with E-state index in [1.165, 1.54) is 7.11 Å². The molecule has 1 atom stereocenters. The maximum Gasteiger partial charge on any atom is 0.329 e. The summed E-state index contributed by atoms with van der Waals surface area (Å²) in [6, 6.07) is 7.58. The van der Waals surface area contributed by atoms with E-state index >= 15 is 0 Å². The van der Waals surface area contributed by atoms with Gasteiger partial charge >= 0.3 is 5.97 Å². The van der Waals surface area contributed by atoms with Crippen LogP contribution in [0.4, 0.5) is 5.69 Å². The molecule has 0 heterocycles. The molecule has 2 N–H and O–H groups in total. The second-order valence-corrected chi connectivity index (χ2v) is 3.90. The number of rotatable bonds is 5. The third-order valence-corrected chi connectivity index (χ3v) is 2.75. The van der Waals surface area contributed by atoms with E-state index in [-0.39, 0.29) is 12.5 Å². The zero-order valence-corrected chi connectivity index (χ0v) is 10.6. The Bertz CT molecular complexity index is 379. The van der Waals surface area contributed by atoms with Crippen molar-refractivity contribution < 1.29 is 9.53 Å². The maximum absolute atomic E-state index is 11.7. The van der Waals surface area contributed by atoms with E-state index in [1.807, 2.05) is 43.0 Å². The van der Waals surface area contributed by atoms with Gasteiger partial charge in [0.25, 0.3) is 0 Å². The van der Waals surface area contributed by atoms with Crippen LogP contribution in [0.15, 0.2) is 24.3 Å². The number of likely N-dealkylation sites (N-methyl/N-ethyl adjacent to an activating group) is 1. The molecule has 0 fully saturated rings. The number of nitrogens with two attached hydrogens (primary N) is 1. The molecule has 4 heteroatoms. The minimum absolute atomic E-state index is 0.244. The Morgan fingerprint density at radius 3 is 2.71 bits per heavy atom. The lowest BCUT2D eigenvalue weighted by molar-refractivity contribution is -0.142. The summed E-state index contributed by atoms with van der Waals surface area (Å²) in [4.78, 5) is 13.6. The molecule has 17 heavy (non-hydrogen) atoms. The van der Waals surface area contributed by atoms with Gasteiger partial charge in [-0.15, -0.1) is 0 Å². The summed E-state index contributed by atoms with van der Waals surface area (Å²) in [6.07, 6.45) is 0. The monoisotopic (exact) mass is 236 g/mol. The van der Waals surface area contributed by atoms with Crippen molar-refractivity contribution >= 4 is 11.7 Å². The first-order valence-corrected chi connectivity index (χ1v) is 5.75. The van der Waals surface area contributed by atoms with Crippen LogP contribution in [0.25, 0.3) is 0 Å². The first-order chi connectivity index (χ1) is 8.13. The average Bonchev–Trinajstić information content (AvgIpc) is 2.34. The fraction of sp³-hybridized carbons (Fsp3) is 0.462. The molecule has 1 rings (SSSR count). The topological polar surface area (TPSA) is 55.6 Å². The SMILES string of the molecule is CCN(c1cccc(C)c1)C(CN)C(=O)OC. The summed E-state index contributed by atoms with van der Waals surface area (Å²) in [6.45, 7) is 4.97. The molecule has 4 nitrogen and oxygen atoms in total. The van der Waals surface area contributed by atoms with Crippen molar-refractivity contribution in [3.8, 4) is 0 Å². The lowest BCUT2D eigenvalue weighted by Gasteiger charge is -2.30. The Balaban J connectivity index is 3.00. The summed E-state index contributed by atoms with van der Waals surface area (Å²) >= 11 is 0. The molecule has 0 saturated carbocycles. The van der Waals surface area contributed by atoms with Crippen molar-refractivity contribution in [2.75, 3.05) is 25.1 Å². The number of aryl methyl sites for hydroxylation is 1. The van der Waals surface area contributed by atoms with E-state index in [9.17, 15) is 4.79 Å². The molecule has 94 valence electrons. The third kappa shape index (κ3) is 3.20. The van der Waals surface area contributed by atoms with Gasteiger partial charge in [-0.3, -0.25) is 0 Å². The van der Waals surface area contributed by atoms with Crippen molar-refractivity contribution in [1.82, 2.24) is 0 Å². The lowest BCUT2D eigenvalue weighted by Crippen LogP contribution is -2.47. The molecule has 0 aliphatic heterocycles. The number of carbonyl (C=O) groups is 1. The van der Waals surface area contributed by atoms with Crippen LogP contribution in [0.3, 0.4) is 0 Å². The molecule has 0 radical (unpaired) electrons. The molecule has 0 bridgehead atoms. The molecular formula is C13H20N2O2. The number of hydrogen-bond acceptors (Lipinski definition) is 4. The van der Waals surface area contributed by atoms with Gasteiger partial charge < -0.3 is 15.4 Å². The van der Waals surface area contributed by atoms with Gasteiger partial charge in [0.1, 0.15) is 6.04 Å². The third-order valence-electron chi connectivity index (χ3n) is 2.75. The van der Waals surface area contributed by atoms with Gasteiger partial charge in [-0.2, -0.15) is 0 Å². The highest BCUT2D eigenvalue weighted by Crippen LogP contribution is 2.18. The molecule has 0 aliphatic rings. The molecule has 0 aromatic heterocycles. The smallest absolute Gasteiger partial charge is 0.329 e. The minimum atomic E-state index is -0.424. The second-order valence-electron chi connectivity index (χ2n) is 3.90. The number of ether oxygens (including phenoxy) is 1. The van der Waals surface area contributed by atoms with Gasteiger partial charge in [0.15, 0.2) is 0 Å². The Labute approximate surface area is 102 Å². The van der Waals surface area contributed by atoms with Gasteiger partial charge in [-0.25, -0.2) is 4.79 Å². The van der Waals surface area contributed by atoms with Crippen LogP contribution in [0, 0.1) is 6.92 Å². The summed E-state index contributed by atoms with van der Waals surface area (Å²) in [5.41, 5.74) is 7.81. The highest BCUT2D eigenvalue weighted by atomic mass is 16.5. The number of hydrogen-bond donors (Lipinski definition) is 1. The molecule has 1 aromatic rings. The predicted molar refractivity (Wildman–Crippen MR) is 69.1 cm³/mol. The largest absolute Gasteiger partial charge is 0.467 e. The first-order valence-electron chi connectivity index (χ1n) is 5.75. The molecule has 0 saturated heterocycles. The summed E-state index contributed by atoms with van der Waals surface area (Å²) in [7, 11) is 1.38. The van der Waals surface area contributed by atoms with Crippen LogP contribution in [-0.2, 0) is 9.53 Å². The van der Waals surface area contributed by atoms with Crippen LogP contribution in [0.1, 0.15) is 12.5 Å². The van der Waals surface area contributed by atoms with E-state index in [1.54, 1.807) is 0 Å². The van der Waals surface area contributed by atoms with Crippen molar-refractivity contribution in [2.24, 2.45) is 5.73 Å². The first kappa shape index (κ1) is 13.5. The number of methoxy groups -OCH3 is 1. The molecule has 1 unspecified atom stereocenters. The molecule has 0 aliphatic carbocycles. The van der Waals surface area contributed by atoms with Crippen molar-refractivity contribution in [3.63, 3.8) is 0 Å².